The molecule has 0 radical (unpaired) electrons. The van der Waals surface area contributed by atoms with E-state index in [1.54, 1.807) is 23.0 Å². The van der Waals surface area contributed by atoms with Crippen molar-refractivity contribution in [1.29, 1.82) is 0 Å². The van der Waals surface area contributed by atoms with Gasteiger partial charge < -0.3 is 28.1 Å². The highest BCUT2D eigenvalue weighted by Crippen LogP contribution is 2.38. The van der Waals surface area contributed by atoms with Crippen LogP contribution < -0.4 is 10.9 Å². The Labute approximate surface area is 338 Å². The zero-order chi connectivity index (χ0) is 41.7. The number of fused-ring (bicyclic) bond motifs is 2. The first kappa shape index (κ1) is 46.1. The number of hydrogen-bond acceptors (Lipinski definition) is 8. The lowest BCUT2D eigenvalue weighted by atomic mass is 10.0. The molecule has 4 aromatic rings. The number of pyridine rings is 2. The fourth-order valence-electron chi connectivity index (χ4n) is 5.67. The molecule has 2 atom stereocenters. The van der Waals surface area contributed by atoms with Crippen molar-refractivity contribution >= 4 is 73.9 Å². The van der Waals surface area contributed by atoms with E-state index < -0.39 is 48.8 Å². The Balaban J connectivity index is 0.000000305. The first-order chi connectivity index (χ1) is 25.5. The van der Waals surface area contributed by atoms with Crippen molar-refractivity contribution in [3.8, 4) is 0 Å². The second kappa shape index (κ2) is 18.8. The number of esters is 2. The van der Waals surface area contributed by atoms with Crippen LogP contribution in [-0.4, -0.2) is 60.9 Å². The van der Waals surface area contributed by atoms with Gasteiger partial charge in [0.15, 0.2) is 8.32 Å². The van der Waals surface area contributed by atoms with Gasteiger partial charge in [-0.15, -0.1) is 0 Å². The van der Waals surface area contributed by atoms with Crippen LogP contribution in [0.15, 0.2) is 55.2 Å². The van der Waals surface area contributed by atoms with E-state index in [-0.39, 0.29) is 73.6 Å². The molecule has 4 rings (SSSR count). The van der Waals surface area contributed by atoms with Gasteiger partial charge in [0.25, 0.3) is 0 Å². The topological polar surface area (TPSA) is 126 Å². The van der Waals surface area contributed by atoms with Gasteiger partial charge in [-0.2, -0.15) is 0 Å². The van der Waals surface area contributed by atoms with Crippen molar-refractivity contribution in [1.82, 2.24) is 9.13 Å². The maximum absolute atomic E-state index is 14.5. The maximum atomic E-state index is 14.5. The normalized spacial score (nSPS) is 13.2. The number of carbonyl (C=O) groups is 2. The van der Waals surface area contributed by atoms with Crippen LogP contribution in [-0.2, 0) is 13.9 Å². The molecule has 0 unspecified atom stereocenters. The summed E-state index contributed by atoms with van der Waals surface area (Å²) in [6, 6.07) is 4.71. The SMILES string of the molecule is CCOC(=O)c1cn([C@@H](CO)C(C)C)c2cc(F)c(Br)cc2c1=O.CCOC(=O)c1cn([C@@H](CO[Si](C)(C)C(C)(C)C)C(C)C)c2cc(F)c(Br)cc2c1=O. The number of carbonyl (C=O) groups excluding carboxylic acids is 2. The van der Waals surface area contributed by atoms with Crippen LogP contribution in [0.1, 0.15) is 95.1 Å². The van der Waals surface area contributed by atoms with Crippen LogP contribution in [0.5, 0.6) is 0 Å². The predicted molar refractivity (Wildman–Crippen MR) is 222 cm³/mol. The number of aliphatic hydroxyl groups is 1. The fraction of sp³-hybridized carbons (Fsp3) is 0.500. The average Bonchev–Trinajstić information content (AvgIpc) is 3.08. The van der Waals surface area contributed by atoms with Crippen molar-refractivity contribution in [3.63, 3.8) is 0 Å². The number of hydrogen-bond donors (Lipinski definition) is 1. The van der Waals surface area contributed by atoms with Crippen molar-refractivity contribution in [2.45, 2.75) is 92.5 Å². The van der Waals surface area contributed by atoms with Crippen LogP contribution in [0.2, 0.25) is 18.1 Å². The molecule has 0 aliphatic heterocycles. The van der Waals surface area contributed by atoms with Gasteiger partial charge in [-0.1, -0.05) is 48.5 Å². The highest BCUT2D eigenvalue weighted by molar-refractivity contribution is 9.10. The van der Waals surface area contributed by atoms with E-state index in [9.17, 15) is 33.1 Å². The number of benzene rings is 2. The van der Waals surface area contributed by atoms with Gasteiger partial charge in [0.2, 0.25) is 10.9 Å². The minimum Gasteiger partial charge on any atom is -0.462 e. The number of rotatable bonds is 12. The smallest absolute Gasteiger partial charge is 0.343 e. The van der Waals surface area contributed by atoms with E-state index in [0.29, 0.717) is 17.6 Å². The van der Waals surface area contributed by atoms with Gasteiger partial charge in [0.05, 0.1) is 58.5 Å². The van der Waals surface area contributed by atoms with Crippen molar-refractivity contribution in [3.05, 3.63) is 88.8 Å². The van der Waals surface area contributed by atoms with E-state index in [2.05, 4.69) is 65.7 Å². The number of halogens is 4. The lowest BCUT2D eigenvalue weighted by molar-refractivity contribution is 0.0514. The Morgan fingerprint density at radius 1 is 0.764 bits per heavy atom. The Morgan fingerprint density at radius 3 is 1.47 bits per heavy atom. The van der Waals surface area contributed by atoms with Crippen molar-refractivity contribution in [2.24, 2.45) is 11.8 Å². The van der Waals surface area contributed by atoms with Gasteiger partial charge in [-0.3, -0.25) is 9.59 Å². The lowest BCUT2D eigenvalue weighted by Crippen LogP contribution is -2.42. The fourth-order valence-corrected chi connectivity index (χ4v) is 7.38. The van der Waals surface area contributed by atoms with Gasteiger partial charge in [-0.25, -0.2) is 18.4 Å². The molecule has 2 heterocycles. The van der Waals surface area contributed by atoms with Crippen molar-refractivity contribution < 1.29 is 37.4 Å². The first-order valence-electron chi connectivity index (χ1n) is 18.2. The molecule has 1 N–H and O–H groups in total. The molecule has 0 aliphatic rings. The van der Waals surface area contributed by atoms with E-state index in [1.807, 2.05) is 27.7 Å². The van der Waals surface area contributed by atoms with Gasteiger partial charge in [-0.05, 0) is 99.9 Å². The zero-order valence-corrected chi connectivity index (χ0v) is 37.5. The van der Waals surface area contributed by atoms with Crippen LogP contribution in [0.3, 0.4) is 0 Å². The molecule has 2 aromatic heterocycles. The third-order valence-electron chi connectivity index (χ3n) is 10.0. The molecular formula is C40H52Br2F2N2O8Si. The third-order valence-corrected chi connectivity index (χ3v) is 15.7. The summed E-state index contributed by atoms with van der Waals surface area (Å²) in [4.78, 5) is 50.3. The van der Waals surface area contributed by atoms with Crippen LogP contribution in [0.4, 0.5) is 8.78 Å². The summed E-state index contributed by atoms with van der Waals surface area (Å²) < 4.78 is 48.6. The first-order valence-corrected chi connectivity index (χ1v) is 22.7. The Hall–Kier alpha value is -3.24. The predicted octanol–water partition coefficient (Wildman–Crippen LogP) is 9.57. The molecule has 0 spiro atoms. The quantitative estimate of drug-likeness (QED) is 0.110. The van der Waals surface area contributed by atoms with Gasteiger partial charge in [0.1, 0.15) is 22.8 Å². The second-order valence-electron chi connectivity index (χ2n) is 15.4. The van der Waals surface area contributed by atoms with E-state index >= 15 is 0 Å². The summed E-state index contributed by atoms with van der Waals surface area (Å²) in [5.74, 6) is -2.31. The zero-order valence-electron chi connectivity index (χ0n) is 33.3. The molecule has 0 amide bonds. The highest BCUT2D eigenvalue weighted by atomic mass is 79.9. The molecule has 0 saturated carbocycles. The second-order valence-corrected chi connectivity index (χ2v) is 22.0. The molecule has 15 heteroatoms. The molecular weight excluding hydrogens is 862 g/mol. The number of ether oxygens (including phenoxy) is 2. The summed E-state index contributed by atoms with van der Waals surface area (Å²) in [6.07, 6.45) is 2.84. The lowest BCUT2D eigenvalue weighted by Gasteiger charge is -2.38. The van der Waals surface area contributed by atoms with E-state index in [1.165, 1.54) is 36.7 Å². The maximum Gasteiger partial charge on any atom is 0.343 e. The van der Waals surface area contributed by atoms with Crippen LogP contribution in [0.25, 0.3) is 21.8 Å². The van der Waals surface area contributed by atoms with Crippen molar-refractivity contribution in [2.75, 3.05) is 26.4 Å². The number of nitrogens with zero attached hydrogens (tertiary/aromatic N) is 2. The third kappa shape index (κ3) is 10.4. The molecule has 0 aliphatic carbocycles. The van der Waals surface area contributed by atoms with E-state index in [0.717, 1.165) is 0 Å². The summed E-state index contributed by atoms with van der Waals surface area (Å²) in [5.41, 5.74) is -0.454. The van der Waals surface area contributed by atoms with Crippen LogP contribution >= 0.6 is 31.9 Å². The van der Waals surface area contributed by atoms with Gasteiger partial charge in [0, 0.05) is 23.2 Å². The molecule has 0 fully saturated rings. The Morgan fingerprint density at radius 2 is 1.15 bits per heavy atom. The average molecular weight is 915 g/mol. The van der Waals surface area contributed by atoms with E-state index in [4.69, 9.17) is 13.9 Å². The van der Waals surface area contributed by atoms with Crippen LogP contribution in [0, 0.1) is 23.5 Å². The minimum absolute atomic E-state index is 0.00227. The standard InChI is InChI=1S/C23H33BrFNO4Si.C17H19BrFNO4/c1-9-29-22(28)16-12-26(19-11-18(25)17(24)10-15(19)21(16)27)20(14(2)3)13-30-31(7,8)23(4,5)6;1-4-24-17(23)11-7-20(15(8-21)9(2)3)14-6-13(19)12(18)5-10(14)16(11)22/h10-12,14,20H,9,13H2,1-8H3;5-7,9,15,21H,4,8H2,1-3H3/t20-;15-/m00/s1. The molecule has 0 bridgehead atoms. The molecule has 0 saturated heterocycles. The summed E-state index contributed by atoms with van der Waals surface area (Å²) in [7, 11) is -2.04. The molecule has 55 heavy (non-hydrogen) atoms. The highest BCUT2D eigenvalue weighted by Gasteiger charge is 2.38. The monoisotopic (exact) mass is 912 g/mol. The summed E-state index contributed by atoms with van der Waals surface area (Å²) in [5, 5.41) is 10.2. The Bertz CT molecular complexity index is 2160. The van der Waals surface area contributed by atoms with Gasteiger partial charge >= 0.3 is 11.9 Å². The summed E-state index contributed by atoms with van der Waals surface area (Å²) >= 11 is 6.22. The largest absolute Gasteiger partial charge is 0.462 e. The summed E-state index contributed by atoms with van der Waals surface area (Å²) in [6.45, 7) is 22.5. The number of aromatic nitrogens is 2. The number of aliphatic hydroxyl groups excluding tert-OH is 1. The molecule has 10 nitrogen and oxygen atoms in total. The minimum atomic E-state index is -2.04. The Kier molecular flexibility index (Phi) is 15.8. The molecule has 302 valence electrons. The molecule has 2 aromatic carbocycles.